The van der Waals surface area contributed by atoms with E-state index in [1.165, 1.54) is 33.4 Å². The van der Waals surface area contributed by atoms with E-state index in [0.29, 0.717) is 0 Å². The summed E-state index contributed by atoms with van der Waals surface area (Å²) in [6.07, 6.45) is 14.6. The molecule has 0 saturated carbocycles. The second-order valence-electron chi connectivity index (χ2n) is 6.70. The molecule has 0 unspecified atom stereocenters. The molecule has 27 heavy (non-hydrogen) atoms. The Labute approximate surface area is 163 Å². The van der Waals surface area contributed by atoms with Gasteiger partial charge in [-0.2, -0.15) is 0 Å². The predicted octanol–water partition coefficient (Wildman–Crippen LogP) is 7.48. The van der Waals surface area contributed by atoms with Crippen LogP contribution in [0.2, 0.25) is 0 Å². The van der Waals surface area contributed by atoms with Gasteiger partial charge in [-0.15, -0.1) is 0 Å². The minimum atomic E-state index is 1.04. The second kappa shape index (κ2) is 9.00. The van der Waals surface area contributed by atoms with Gasteiger partial charge >= 0.3 is 0 Å². The molecule has 0 radical (unpaired) electrons. The van der Waals surface area contributed by atoms with Gasteiger partial charge in [0.15, 0.2) is 0 Å². The smallest absolute Gasteiger partial charge is 0.00303 e. The van der Waals surface area contributed by atoms with Crippen molar-refractivity contribution in [2.24, 2.45) is 0 Å². The first-order valence-corrected chi connectivity index (χ1v) is 9.43. The van der Waals surface area contributed by atoms with E-state index >= 15 is 0 Å². The highest BCUT2D eigenvalue weighted by molar-refractivity contribution is 6.05. The molecule has 0 aliphatic heterocycles. The topological polar surface area (TPSA) is 0 Å². The lowest BCUT2D eigenvalue weighted by Crippen LogP contribution is -2.00. The van der Waals surface area contributed by atoms with E-state index in [0.717, 1.165) is 18.4 Å². The van der Waals surface area contributed by atoms with Crippen LogP contribution in [-0.2, 0) is 0 Å². The summed E-state index contributed by atoms with van der Waals surface area (Å²) in [6, 6.07) is 19.4. The van der Waals surface area contributed by atoms with E-state index in [1.54, 1.807) is 0 Å². The third kappa shape index (κ3) is 4.35. The van der Waals surface area contributed by atoms with Gasteiger partial charge in [-0.25, -0.2) is 0 Å². The molecule has 2 aromatic rings. The summed E-state index contributed by atoms with van der Waals surface area (Å²) in [5, 5.41) is 0. The van der Waals surface area contributed by atoms with E-state index in [1.807, 2.05) is 18.2 Å². The van der Waals surface area contributed by atoms with Crippen LogP contribution in [0.15, 0.2) is 115 Å². The Hall–Kier alpha value is -3.12. The Kier molecular flexibility index (Phi) is 6.22. The standard InChI is InChI=1S/C27H26/c1-4-12-22(5-2)26(25-19-17-21(3)18-20-25)27(23-13-8-6-9-14-23)24-15-10-7-11-16-24/h4-10,12-15,17-20H,1-2,11,16H2,3H3/b22-12+,27-26-. The van der Waals surface area contributed by atoms with Crippen molar-refractivity contribution >= 4 is 11.1 Å². The predicted molar refractivity (Wildman–Crippen MR) is 119 cm³/mol. The molecule has 0 bridgehead atoms. The second-order valence-corrected chi connectivity index (χ2v) is 6.70. The van der Waals surface area contributed by atoms with Gasteiger partial charge in [0.2, 0.25) is 0 Å². The zero-order valence-electron chi connectivity index (χ0n) is 16.0. The Morgan fingerprint density at radius 2 is 1.67 bits per heavy atom. The summed E-state index contributed by atoms with van der Waals surface area (Å²) in [6.45, 7) is 10.1. The van der Waals surface area contributed by atoms with Gasteiger partial charge in [0.05, 0.1) is 0 Å². The molecule has 0 amide bonds. The molecule has 0 atom stereocenters. The molecule has 0 nitrogen and oxygen atoms in total. The maximum absolute atomic E-state index is 4.08. The van der Waals surface area contributed by atoms with Crippen molar-refractivity contribution < 1.29 is 0 Å². The van der Waals surface area contributed by atoms with Gasteiger partial charge < -0.3 is 0 Å². The van der Waals surface area contributed by atoms with Crippen molar-refractivity contribution in [3.05, 3.63) is 132 Å². The molecular weight excluding hydrogens is 324 g/mol. The molecule has 2 aromatic carbocycles. The number of benzene rings is 2. The van der Waals surface area contributed by atoms with Gasteiger partial charge in [0, 0.05) is 0 Å². The van der Waals surface area contributed by atoms with Crippen LogP contribution in [0.25, 0.3) is 11.1 Å². The summed E-state index contributed by atoms with van der Waals surface area (Å²) < 4.78 is 0. The van der Waals surface area contributed by atoms with Crippen molar-refractivity contribution in [3.8, 4) is 0 Å². The molecule has 0 heteroatoms. The average molecular weight is 351 g/mol. The lowest BCUT2D eigenvalue weighted by molar-refractivity contribution is 0.996. The Balaban J connectivity index is 2.38. The van der Waals surface area contributed by atoms with E-state index in [9.17, 15) is 0 Å². The molecule has 0 aromatic heterocycles. The highest BCUT2D eigenvalue weighted by atomic mass is 14.2. The van der Waals surface area contributed by atoms with Gasteiger partial charge in [-0.05, 0) is 53.2 Å². The summed E-state index contributed by atoms with van der Waals surface area (Å²) in [5.74, 6) is 0. The van der Waals surface area contributed by atoms with Crippen molar-refractivity contribution in [3.63, 3.8) is 0 Å². The largest absolute Gasteiger partial charge is 0.0990 e. The lowest BCUT2D eigenvalue weighted by atomic mass is 9.82. The highest BCUT2D eigenvalue weighted by Crippen LogP contribution is 2.39. The third-order valence-electron chi connectivity index (χ3n) is 4.79. The molecule has 0 saturated heterocycles. The minimum absolute atomic E-state index is 1.04. The van der Waals surface area contributed by atoms with Gasteiger partial charge in [-0.3, -0.25) is 0 Å². The molecule has 0 N–H and O–H groups in total. The van der Waals surface area contributed by atoms with Crippen molar-refractivity contribution in [2.75, 3.05) is 0 Å². The summed E-state index contributed by atoms with van der Waals surface area (Å²) in [7, 11) is 0. The summed E-state index contributed by atoms with van der Waals surface area (Å²) >= 11 is 0. The first-order valence-electron chi connectivity index (χ1n) is 9.43. The maximum atomic E-state index is 4.08. The van der Waals surface area contributed by atoms with Crippen molar-refractivity contribution in [1.29, 1.82) is 0 Å². The van der Waals surface area contributed by atoms with E-state index in [-0.39, 0.29) is 0 Å². The molecule has 1 aliphatic rings. The number of hydrogen-bond donors (Lipinski definition) is 0. The third-order valence-corrected chi connectivity index (χ3v) is 4.79. The monoisotopic (exact) mass is 350 g/mol. The first-order chi connectivity index (χ1) is 13.2. The summed E-state index contributed by atoms with van der Waals surface area (Å²) in [5.41, 5.74) is 8.61. The van der Waals surface area contributed by atoms with E-state index in [2.05, 4.69) is 92.9 Å². The van der Waals surface area contributed by atoms with Crippen LogP contribution in [-0.4, -0.2) is 0 Å². The van der Waals surface area contributed by atoms with Gasteiger partial charge in [0.1, 0.15) is 0 Å². The van der Waals surface area contributed by atoms with Crippen LogP contribution >= 0.6 is 0 Å². The van der Waals surface area contributed by atoms with E-state index in [4.69, 9.17) is 0 Å². The normalized spacial score (nSPS) is 15.0. The molecule has 0 spiro atoms. The Morgan fingerprint density at radius 1 is 0.926 bits per heavy atom. The van der Waals surface area contributed by atoms with Crippen LogP contribution in [0.1, 0.15) is 29.5 Å². The number of rotatable bonds is 6. The van der Waals surface area contributed by atoms with Crippen LogP contribution < -0.4 is 0 Å². The highest BCUT2D eigenvalue weighted by Gasteiger charge is 2.18. The van der Waals surface area contributed by atoms with Crippen molar-refractivity contribution in [2.45, 2.75) is 19.8 Å². The summed E-state index contributed by atoms with van der Waals surface area (Å²) in [4.78, 5) is 0. The molecule has 3 rings (SSSR count). The first kappa shape index (κ1) is 18.7. The fraction of sp³-hybridized carbons (Fsp3) is 0.111. The molecule has 0 fully saturated rings. The molecule has 134 valence electrons. The Morgan fingerprint density at radius 3 is 2.26 bits per heavy atom. The van der Waals surface area contributed by atoms with Crippen LogP contribution in [0.3, 0.4) is 0 Å². The van der Waals surface area contributed by atoms with Gasteiger partial charge in [0.25, 0.3) is 0 Å². The fourth-order valence-electron chi connectivity index (χ4n) is 3.46. The number of hydrogen-bond acceptors (Lipinski definition) is 0. The fourth-order valence-corrected chi connectivity index (χ4v) is 3.46. The zero-order chi connectivity index (χ0) is 19.1. The van der Waals surface area contributed by atoms with Crippen molar-refractivity contribution in [1.82, 2.24) is 0 Å². The van der Waals surface area contributed by atoms with Crippen LogP contribution in [0.4, 0.5) is 0 Å². The maximum Gasteiger partial charge on any atom is -0.00303 e. The Bertz CT molecular complexity index is 929. The molecular formula is C27H26. The molecule has 0 heterocycles. The van der Waals surface area contributed by atoms with Crippen LogP contribution in [0.5, 0.6) is 0 Å². The zero-order valence-corrected chi connectivity index (χ0v) is 16.0. The number of allylic oxidation sites excluding steroid dienone is 10. The van der Waals surface area contributed by atoms with E-state index < -0.39 is 0 Å². The SMILES string of the molecule is C=C/C=C(C=C)/C(=C(/C1=CC=CCC1)c1ccccc1)c1ccc(C)cc1. The van der Waals surface area contributed by atoms with Gasteiger partial charge in [-0.1, -0.05) is 110 Å². The average Bonchev–Trinajstić information content (AvgIpc) is 2.73. The van der Waals surface area contributed by atoms with Crippen LogP contribution in [0, 0.1) is 6.92 Å². The quantitative estimate of drug-likeness (QED) is 0.374. The molecule has 1 aliphatic carbocycles. The lowest BCUT2D eigenvalue weighted by Gasteiger charge is -2.21. The number of aryl methyl sites for hydroxylation is 1. The minimum Gasteiger partial charge on any atom is -0.0990 e.